The molecule has 2 aromatic carbocycles. The number of fused-ring (bicyclic) bond motifs is 1. The molecule has 0 nitrogen and oxygen atoms in total. The Labute approximate surface area is 150 Å². The first-order valence-corrected chi connectivity index (χ1v) is 11.3. The highest BCUT2D eigenvalue weighted by atomic mass is 33.1. The van der Waals surface area contributed by atoms with Crippen molar-refractivity contribution in [1.29, 1.82) is 0 Å². The third-order valence-corrected chi connectivity index (χ3v) is 7.20. The lowest BCUT2D eigenvalue weighted by Crippen LogP contribution is -1.75. The molecular weight excluding hydrogens is 344 g/mol. The molecule has 0 saturated heterocycles. The topological polar surface area (TPSA) is 0 Å². The zero-order valence-electron chi connectivity index (χ0n) is 12.8. The van der Waals surface area contributed by atoms with Gasteiger partial charge in [0.15, 0.2) is 0 Å². The minimum atomic E-state index is 0.764. The third-order valence-electron chi connectivity index (χ3n) is 2.82. The van der Waals surface area contributed by atoms with Gasteiger partial charge in [0.1, 0.15) is 0 Å². The van der Waals surface area contributed by atoms with Gasteiger partial charge in [-0.15, -0.1) is 23.5 Å². The summed E-state index contributed by atoms with van der Waals surface area (Å²) in [5.74, 6) is 1.20. The second kappa shape index (κ2) is 10.4. The predicted molar refractivity (Wildman–Crippen MR) is 112 cm³/mol. The van der Waals surface area contributed by atoms with Gasteiger partial charge in [0.2, 0.25) is 0 Å². The van der Waals surface area contributed by atoms with Crippen molar-refractivity contribution in [1.82, 2.24) is 0 Å². The van der Waals surface area contributed by atoms with Crippen molar-refractivity contribution in [2.75, 3.05) is 5.75 Å². The molecule has 0 aromatic heterocycles. The smallest absolute Gasteiger partial charge is 0.0559 e. The molecule has 1 unspecified atom stereocenters. The van der Waals surface area contributed by atoms with Crippen LogP contribution in [0.3, 0.4) is 0 Å². The number of thioether (sulfide) groups is 2. The standard InChI is InChI=1S/C10H8.C5H8S2.C3H4S2/c1-2-6-10-8-4-3-7-9(10)5-1;1-4-3-6-5(2)7-4;1-2-4-5-3-1/h1-8H;3,5H,1-2H3;1-2H,3H2. The van der Waals surface area contributed by atoms with Crippen LogP contribution < -0.4 is 0 Å². The molecule has 2 aromatic rings. The van der Waals surface area contributed by atoms with Crippen molar-refractivity contribution in [3.05, 3.63) is 70.3 Å². The lowest BCUT2D eigenvalue weighted by Gasteiger charge is -1.94. The third kappa shape index (κ3) is 6.78. The van der Waals surface area contributed by atoms with Crippen molar-refractivity contribution < 1.29 is 0 Å². The Kier molecular flexibility index (Phi) is 8.45. The van der Waals surface area contributed by atoms with Gasteiger partial charge in [-0.05, 0) is 40.3 Å². The van der Waals surface area contributed by atoms with E-state index in [9.17, 15) is 0 Å². The molecule has 1 atom stereocenters. The van der Waals surface area contributed by atoms with Crippen molar-refractivity contribution in [2.24, 2.45) is 0 Å². The second-order valence-electron chi connectivity index (χ2n) is 4.65. The Morgan fingerprint density at radius 2 is 1.55 bits per heavy atom. The first-order valence-electron chi connectivity index (χ1n) is 7.11. The Bertz CT molecular complexity index is 562. The molecule has 22 heavy (non-hydrogen) atoms. The van der Waals surface area contributed by atoms with E-state index in [1.807, 2.05) is 45.1 Å². The van der Waals surface area contributed by atoms with Gasteiger partial charge in [0.05, 0.1) is 4.58 Å². The lowest BCUT2D eigenvalue weighted by molar-refractivity contribution is 1.44. The van der Waals surface area contributed by atoms with E-state index in [2.05, 4.69) is 79.3 Å². The Morgan fingerprint density at radius 3 is 1.77 bits per heavy atom. The van der Waals surface area contributed by atoms with E-state index in [1.165, 1.54) is 21.4 Å². The second-order valence-corrected chi connectivity index (χ2v) is 10.1. The molecule has 2 aliphatic heterocycles. The number of rotatable bonds is 0. The molecular formula is C18H20S4. The molecule has 0 radical (unpaired) electrons. The van der Waals surface area contributed by atoms with Crippen LogP contribution in [0.1, 0.15) is 13.8 Å². The van der Waals surface area contributed by atoms with Crippen LogP contribution in [-0.4, -0.2) is 10.3 Å². The van der Waals surface area contributed by atoms with Gasteiger partial charge < -0.3 is 0 Å². The first-order chi connectivity index (χ1) is 10.8. The van der Waals surface area contributed by atoms with Gasteiger partial charge in [-0.1, -0.05) is 76.2 Å². The molecule has 0 spiro atoms. The van der Waals surface area contributed by atoms with Crippen molar-refractivity contribution in [2.45, 2.75) is 18.4 Å². The summed E-state index contributed by atoms with van der Waals surface area (Å²) in [4.78, 5) is 1.46. The average molecular weight is 365 g/mol. The van der Waals surface area contributed by atoms with Crippen LogP contribution in [0.4, 0.5) is 0 Å². The molecule has 4 heteroatoms. The fourth-order valence-electron chi connectivity index (χ4n) is 1.84. The monoisotopic (exact) mass is 364 g/mol. The van der Waals surface area contributed by atoms with Crippen LogP contribution in [0.15, 0.2) is 70.3 Å². The van der Waals surface area contributed by atoms with Crippen LogP contribution in [0.25, 0.3) is 10.8 Å². The maximum Gasteiger partial charge on any atom is 0.0559 e. The highest BCUT2D eigenvalue weighted by molar-refractivity contribution is 8.78. The summed E-state index contributed by atoms with van der Waals surface area (Å²) in [6, 6.07) is 16.7. The molecule has 2 aliphatic rings. The number of hydrogen-bond acceptors (Lipinski definition) is 4. The van der Waals surface area contributed by atoms with E-state index in [-0.39, 0.29) is 0 Å². The molecule has 0 fully saturated rings. The molecule has 0 N–H and O–H groups in total. The fraction of sp³-hybridized carbons (Fsp3) is 0.222. The summed E-state index contributed by atoms with van der Waals surface area (Å²) >= 11 is 3.85. The summed E-state index contributed by atoms with van der Waals surface area (Å²) in [5.41, 5.74) is 0. The Morgan fingerprint density at radius 1 is 0.955 bits per heavy atom. The molecule has 2 heterocycles. The van der Waals surface area contributed by atoms with E-state index < -0.39 is 0 Å². The summed E-state index contributed by atoms with van der Waals surface area (Å²) in [7, 11) is 3.69. The zero-order valence-corrected chi connectivity index (χ0v) is 16.0. The number of benzene rings is 2. The normalized spacial score (nSPS) is 19.0. The quantitative estimate of drug-likeness (QED) is 0.446. The van der Waals surface area contributed by atoms with Crippen molar-refractivity contribution in [3.63, 3.8) is 0 Å². The van der Waals surface area contributed by atoms with Gasteiger partial charge in [-0.3, -0.25) is 0 Å². The molecule has 0 bridgehead atoms. The molecule has 0 saturated carbocycles. The van der Waals surface area contributed by atoms with Gasteiger partial charge in [-0.2, -0.15) is 0 Å². The van der Waals surface area contributed by atoms with Crippen LogP contribution in [0.2, 0.25) is 0 Å². The summed E-state index contributed by atoms with van der Waals surface area (Å²) in [5, 5.41) is 6.95. The van der Waals surface area contributed by atoms with Gasteiger partial charge in [0.25, 0.3) is 0 Å². The van der Waals surface area contributed by atoms with E-state index in [0.29, 0.717) is 0 Å². The minimum Gasteiger partial charge on any atom is -0.119 e. The fourth-order valence-corrected chi connectivity index (χ4v) is 5.55. The number of hydrogen-bond donors (Lipinski definition) is 0. The van der Waals surface area contributed by atoms with Gasteiger partial charge >= 0.3 is 0 Å². The van der Waals surface area contributed by atoms with Crippen LogP contribution in [0, 0.1) is 0 Å². The highest BCUT2D eigenvalue weighted by Crippen LogP contribution is 2.38. The highest BCUT2D eigenvalue weighted by Gasteiger charge is 2.08. The first kappa shape index (κ1) is 17.9. The van der Waals surface area contributed by atoms with Crippen LogP contribution in [0.5, 0.6) is 0 Å². The van der Waals surface area contributed by atoms with E-state index in [4.69, 9.17) is 0 Å². The Balaban J connectivity index is 0.000000129. The van der Waals surface area contributed by atoms with Crippen molar-refractivity contribution >= 4 is 55.9 Å². The largest absolute Gasteiger partial charge is 0.119 e. The van der Waals surface area contributed by atoms with Crippen LogP contribution >= 0.6 is 45.1 Å². The van der Waals surface area contributed by atoms with E-state index in [0.717, 1.165) is 4.58 Å². The van der Waals surface area contributed by atoms with Crippen molar-refractivity contribution in [3.8, 4) is 0 Å². The molecule has 0 amide bonds. The maximum atomic E-state index is 2.22. The molecule has 116 valence electrons. The minimum absolute atomic E-state index is 0.764. The van der Waals surface area contributed by atoms with E-state index in [1.54, 1.807) is 0 Å². The average Bonchev–Trinajstić information content (AvgIpc) is 3.23. The van der Waals surface area contributed by atoms with Crippen LogP contribution in [-0.2, 0) is 0 Å². The van der Waals surface area contributed by atoms with E-state index >= 15 is 0 Å². The SMILES string of the molecule is C1=CSSC1.CC1=CSC(C)S1.c1ccc2ccccc2c1. The summed E-state index contributed by atoms with van der Waals surface area (Å²) in [6.07, 6.45) is 2.16. The number of allylic oxidation sites excluding steroid dienone is 1. The molecule has 4 rings (SSSR count). The lowest BCUT2D eigenvalue weighted by atomic mass is 10.1. The van der Waals surface area contributed by atoms with Gasteiger partial charge in [-0.25, -0.2) is 0 Å². The Hall–Kier alpha value is -0.420. The predicted octanol–water partition coefficient (Wildman–Crippen LogP) is 7.41. The summed E-state index contributed by atoms with van der Waals surface area (Å²) < 4.78 is 0.764. The summed E-state index contributed by atoms with van der Waals surface area (Å²) in [6.45, 7) is 4.38. The molecule has 0 aliphatic carbocycles. The zero-order chi connectivity index (χ0) is 15.6. The van der Waals surface area contributed by atoms with Gasteiger partial charge in [0, 0.05) is 5.75 Å². The maximum absolute atomic E-state index is 2.22.